The molecule has 0 fully saturated rings. The lowest BCUT2D eigenvalue weighted by Gasteiger charge is -2.25. The number of aryl methyl sites for hydroxylation is 2. The quantitative estimate of drug-likeness (QED) is 0.678. The third-order valence-corrected chi connectivity index (χ3v) is 5.00. The number of hydrogen-bond donors (Lipinski definition) is 0. The van der Waals surface area contributed by atoms with Crippen LogP contribution in [0.4, 0.5) is 0 Å². The smallest absolute Gasteiger partial charge is 0.223 e. The van der Waals surface area contributed by atoms with E-state index in [4.69, 9.17) is 9.47 Å². The molecule has 0 aliphatic carbocycles. The minimum atomic E-state index is -0.0320. The SMILES string of the molecule is CCN(Cc1cccc2c1OCCO2)C(=O)CCC(=O)c1cc(C)ccc1C. The van der Waals surface area contributed by atoms with Crippen molar-refractivity contribution in [2.75, 3.05) is 19.8 Å². The molecule has 0 saturated carbocycles. The number of carbonyl (C=O) groups excluding carboxylic acids is 2. The maximum atomic E-state index is 12.7. The lowest BCUT2D eigenvalue weighted by atomic mass is 9.99. The molecule has 1 aliphatic rings. The Morgan fingerprint density at radius 3 is 2.61 bits per heavy atom. The highest BCUT2D eigenvalue weighted by atomic mass is 16.6. The van der Waals surface area contributed by atoms with Gasteiger partial charge in [-0.25, -0.2) is 0 Å². The van der Waals surface area contributed by atoms with Crippen LogP contribution >= 0.6 is 0 Å². The van der Waals surface area contributed by atoms with E-state index in [2.05, 4.69) is 0 Å². The van der Waals surface area contributed by atoms with Crippen molar-refractivity contribution in [1.82, 2.24) is 4.90 Å². The number of ketones is 1. The molecule has 1 heterocycles. The number of fused-ring (bicyclic) bond motifs is 1. The average molecular weight is 381 g/mol. The zero-order chi connectivity index (χ0) is 20.1. The maximum Gasteiger partial charge on any atom is 0.223 e. The highest BCUT2D eigenvalue weighted by Crippen LogP contribution is 2.34. The number of ether oxygens (including phenoxy) is 2. The molecule has 1 aliphatic heterocycles. The van der Waals surface area contributed by atoms with Gasteiger partial charge in [0.15, 0.2) is 17.3 Å². The van der Waals surface area contributed by atoms with E-state index in [0.717, 1.165) is 22.4 Å². The van der Waals surface area contributed by atoms with Crippen LogP contribution in [-0.2, 0) is 11.3 Å². The number of amides is 1. The van der Waals surface area contributed by atoms with Gasteiger partial charge in [-0.1, -0.05) is 29.8 Å². The molecule has 2 aromatic carbocycles. The molecule has 0 aromatic heterocycles. The molecule has 0 saturated heterocycles. The van der Waals surface area contributed by atoms with Crippen molar-refractivity contribution >= 4 is 11.7 Å². The maximum absolute atomic E-state index is 12.7. The highest BCUT2D eigenvalue weighted by molar-refractivity contribution is 5.99. The Morgan fingerprint density at radius 2 is 1.82 bits per heavy atom. The molecule has 0 radical (unpaired) electrons. The third kappa shape index (κ3) is 4.53. The van der Waals surface area contributed by atoms with Gasteiger partial charge in [0, 0.05) is 37.1 Å². The van der Waals surface area contributed by atoms with Crippen LogP contribution in [0.3, 0.4) is 0 Å². The summed E-state index contributed by atoms with van der Waals surface area (Å²) in [6, 6.07) is 11.6. The Labute approximate surface area is 166 Å². The standard InChI is InChI=1S/C23H27NO4/c1-4-24(15-18-6-5-7-21-23(18)28-13-12-27-21)22(26)11-10-20(25)19-14-16(2)8-9-17(19)3/h5-9,14H,4,10-13,15H2,1-3H3. The van der Waals surface area contributed by atoms with Crippen LogP contribution in [0, 0.1) is 13.8 Å². The number of Topliss-reactive ketones (excluding diaryl/α,β-unsaturated/α-hetero) is 1. The fourth-order valence-corrected chi connectivity index (χ4v) is 3.39. The fraction of sp³-hybridized carbons (Fsp3) is 0.391. The van der Waals surface area contributed by atoms with Gasteiger partial charge in [0.05, 0.1) is 0 Å². The summed E-state index contributed by atoms with van der Waals surface area (Å²) in [5, 5.41) is 0. The van der Waals surface area contributed by atoms with Gasteiger partial charge in [-0.05, 0) is 38.5 Å². The zero-order valence-corrected chi connectivity index (χ0v) is 16.8. The average Bonchev–Trinajstić information content (AvgIpc) is 2.71. The van der Waals surface area contributed by atoms with E-state index in [1.54, 1.807) is 4.90 Å². The van der Waals surface area contributed by atoms with E-state index in [1.165, 1.54) is 0 Å². The van der Waals surface area contributed by atoms with Gasteiger partial charge in [0.1, 0.15) is 13.2 Å². The minimum absolute atomic E-state index is 0.0134. The van der Waals surface area contributed by atoms with Gasteiger partial charge in [-0.3, -0.25) is 9.59 Å². The van der Waals surface area contributed by atoms with Crippen molar-refractivity contribution in [3.63, 3.8) is 0 Å². The Morgan fingerprint density at radius 1 is 1.04 bits per heavy atom. The minimum Gasteiger partial charge on any atom is -0.486 e. The second kappa shape index (κ2) is 8.91. The van der Waals surface area contributed by atoms with Crippen LogP contribution in [0.1, 0.15) is 46.8 Å². The topological polar surface area (TPSA) is 55.8 Å². The molecule has 1 amide bonds. The van der Waals surface area contributed by atoms with E-state index < -0.39 is 0 Å². The van der Waals surface area contributed by atoms with Gasteiger partial charge in [0.25, 0.3) is 0 Å². The van der Waals surface area contributed by atoms with Crippen molar-refractivity contribution in [1.29, 1.82) is 0 Å². The number of rotatable bonds is 7. The Hall–Kier alpha value is -2.82. The van der Waals surface area contributed by atoms with Crippen LogP contribution in [0.25, 0.3) is 0 Å². The normalized spacial score (nSPS) is 12.5. The van der Waals surface area contributed by atoms with Crippen molar-refractivity contribution in [3.05, 3.63) is 58.7 Å². The van der Waals surface area contributed by atoms with Gasteiger partial charge in [0.2, 0.25) is 5.91 Å². The lowest BCUT2D eigenvalue weighted by molar-refractivity contribution is -0.131. The second-order valence-corrected chi connectivity index (χ2v) is 7.09. The van der Waals surface area contributed by atoms with E-state index in [9.17, 15) is 9.59 Å². The largest absolute Gasteiger partial charge is 0.486 e. The molecule has 5 nitrogen and oxygen atoms in total. The van der Waals surface area contributed by atoms with Crippen LogP contribution in [0.2, 0.25) is 0 Å². The summed E-state index contributed by atoms with van der Waals surface area (Å²) in [4.78, 5) is 27.1. The number of nitrogens with zero attached hydrogens (tertiary/aromatic N) is 1. The lowest BCUT2D eigenvalue weighted by Crippen LogP contribution is -2.31. The van der Waals surface area contributed by atoms with Gasteiger partial charge in [-0.15, -0.1) is 0 Å². The van der Waals surface area contributed by atoms with Crippen molar-refractivity contribution in [3.8, 4) is 11.5 Å². The number of benzene rings is 2. The van der Waals surface area contributed by atoms with E-state index >= 15 is 0 Å². The molecule has 0 bridgehead atoms. The number of hydrogen-bond acceptors (Lipinski definition) is 4. The van der Waals surface area contributed by atoms with Gasteiger partial charge < -0.3 is 14.4 Å². The van der Waals surface area contributed by atoms with Crippen LogP contribution in [0.15, 0.2) is 36.4 Å². The second-order valence-electron chi connectivity index (χ2n) is 7.09. The zero-order valence-electron chi connectivity index (χ0n) is 16.8. The fourth-order valence-electron chi connectivity index (χ4n) is 3.39. The molecular weight excluding hydrogens is 354 g/mol. The Kier molecular flexibility index (Phi) is 6.34. The predicted molar refractivity (Wildman–Crippen MR) is 108 cm³/mol. The van der Waals surface area contributed by atoms with Gasteiger partial charge >= 0.3 is 0 Å². The molecular formula is C23H27NO4. The van der Waals surface area contributed by atoms with E-state index in [1.807, 2.05) is 57.2 Å². The third-order valence-electron chi connectivity index (χ3n) is 5.00. The summed E-state index contributed by atoms with van der Waals surface area (Å²) in [5.41, 5.74) is 3.63. The number of carbonyl (C=O) groups is 2. The molecule has 148 valence electrons. The Balaban J connectivity index is 1.64. The van der Waals surface area contributed by atoms with Crippen LogP contribution in [-0.4, -0.2) is 36.3 Å². The molecule has 0 N–H and O–H groups in total. The monoisotopic (exact) mass is 381 g/mol. The highest BCUT2D eigenvalue weighted by Gasteiger charge is 2.20. The van der Waals surface area contributed by atoms with Crippen LogP contribution < -0.4 is 9.47 Å². The molecule has 0 atom stereocenters. The van der Waals surface area contributed by atoms with Crippen molar-refractivity contribution < 1.29 is 19.1 Å². The summed E-state index contributed by atoms with van der Waals surface area (Å²) in [6.45, 7) is 7.89. The predicted octanol–water partition coefficient (Wildman–Crippen LogP) is 4.09. The first-order valence-electron chi connectivity index (χ1n) is 9.75. The van der Waals surface area contributed by atoms with Crippen LogP contribution in [0.5, 0.6) is 11.5 Å². The summed E-state index contributed by atoms with van der Waals surface area (Å²) >= 11 is 0. The summed E-state index contributed by atoms with van der Waals surface area (Å²) in [6.07, 6.45) is 0.415. The molecule has 5 heteroatoms. The summed E-state index contributed by atoms with van der Waals surface area (Å²) in [5.74, 6) is 1.42. The molecule has 3 rings (SSSR count). The van der Waals surface area contributed by atoms with Crippen molar-refractivity contribution in [2.45, 2.75) is 40.2 Å². The first kappa shape index (κ1) is 19.9. The molecule has 0 spiro atoms. The Bertz CT molecular complexity index is 875. The number of para-hydroxylation sites is 1. The van der Waals surface area contributed by atoms with E-state index in [-0.39, 0.29) is 24.5 Å². The van der Waals surface area contributed by atoms with E-state index in [0.29, 0.717) is 37.6 Å². The first-order chi connectivity index (χ1) is 13.5. The van der Waals surface area contributed by atoms with Crippen molar-refractivity contribution in [2.24, 2.45) is 0 Å². The molecule has 28 heavy (non-hydrogen) atoms. The summed E-state index contributed by atoms with van der Waals surface area (Å²) < 4.78 is 11.4. The first-order valence-corrected chi connectivity index (χ1v) is 9.75. The molecule has 2 aromatic rings. The van der Waals surface area contributed by atoms with Gasteiger partial charge in [-0.2, -0.15) is 0 Å². The summed E-state index contributed by atoms with van der Waals surface area (Å²) in [7, 11) is 0. The molecule has 0 unspecified atom stereocenters.